The number of nitro groups is 1. The van der Waals surface area contributed by atoms with E-state index in [0.717, 1.165) is 12.1 Å². The third kappa shape index (κ3) is 3.41. The third-order valence-corrected chi connectivity index (χ3v) is 4.29. The standard InChI is InChI=1S/C12H10ClN3O4S/c13-11-6-5-10(7-12(11)16(17)18)21(19,20)15-9-3-1-8(14)2-4-9/h1-7,15H,14H2. The normalized spacial score (nSPS) is 11.1. The molecule has 0 bridgehead atoms. The van der Waals surface area contributed by atoms with Gasteiger partial charge in [-0.1, -0.05) is 11.6 Å². The van der Waals surface area contributed by atoms with Gasteiger partial charge in [0, 0.05) is 17.4 Å². The summed E-state index contributed by atoms with van der Waals surface area (Å²) in [6.07, 6.45) is 0. The van der Waals surface area contributed by atoms with Gasteiger partial charge in [0.1, 0.15) is 5.02 Å². The van der Waals surface area contributed by atoms with E-state index >= 15 is 0 Å². The topological polar surface area (TPSA) is 115 Å². The van der Waals surface area contributed by atoms with Gasteiger partial charge in [0.2, 0.25) is 0 Å². The van der Waals surface area contributed by atoms with Gasteiger partial charge in [0.05, 0.1) is 9.82 Å². The molecule has 0 spiro atoms. The summed E-state index contributed by atoms with van der Waals surface area (Å²) < 4.78 is 26.6. The highest BCUT2D eigenvalue weighted by molar-refractivity contribution is 7.92. The number of rotatable bonds is 4. The van der Waals surface area contributed by atoms with Gasteiger partial charge in [-0.15, -0.1) is 0 Å². The average Bonchev–Trinajstić information content (AvgIpc) is 2.41. The molecule has 0 saturated heterocycles. The second-order valence-corrected chi connectivity index (χ2v) is 6.19. The van der Waals surface area contributed by atoms with Gasteiger partial charge >= 0.3 is 0 Å². The molecular formula is C12H10ClN3O4S. The molecule has 2 aromatic rings. The average molecular weight is 328 g/mol. The fourth-order valence-electron chi connectivity index (χ4n) is 1.56. The quantitative estimate of drug-likeness (QED) is 0.508. The van der Waals surface area contributed by atoms with Crippen molar-refractivity contribution in [2.24, 2.45) is 0 Å². The Hall–Kier alpha value is -2.32. The summed E-state index contributed by atoms with van der Waals surface area (Å²) >= 11 is 5.65. The Labute approximate surface area is 125 Å². The number of benzene rings is 2. The van der Waals surface area contributed by atoms with Crippen molar-refractivity contribution in [2.75, 3.05) is 10.5 Å². The number of sulfonamides is 1. The minimum Gasteiger partial charge on any atom is -0.399 e. The van der Waals surface area contributed by atoms with Crippen molar-refractivity contribution in [1.29, 1.82) is 0 Å². The van der Waals surface area contributed by atoms with Gasteiger partial charge in [-0.25, -0.2) is 8.42 Å². The number of hydrogen-bond acceptors (Lipinski definition) is 5. The summed E-state index contributed by atoms with van der Waals surface area (Å²) in [4.78, 5) is 9.79. The first kappa shape index (κ1) is 15.1. The summed E-state index contributed by atoms with van der Waals surface area (Å²) in [7, 11) is -3.95. The first-order valence-electron chi connectivity index (χ1n) is 5.62. The number of nitrogens with two attached hydrogens (primary N) is 1. The molecule has 0 amide bonds. The van der Waals surface area contributed by atoms with Crippen LogP contribution in [-0.4, -0.2) is 13.3 Å². The fourth-order valence-corrected chi connectivity index (χ4v) is 2.83. The van der Waals surface area contributed by atoms with Crippen molar-refractivity contribution < 1.29 is 13.3 Å². The summed E-state index contributed by atoms with van der Waals surface area (Å²) in [5.74, 6) is 0. The maximum atomic E-state index is 12.2. The molecule has 0 radical (unpaired) electrons. The predicted molar refractivity (Wildman–Crippen MR) is 79.8 cm³/mol. The number of anilines is 2. The lowest BCUT2D eigenvalue weighted by molar-refractivity contribution is -0.384. The molecule has 0 aliphatic carbocycles. The lowest BCUT2D eigenvalue weighted by atomic mass is 10.3. The second-order valence-electron chi connectivity index (χ2n) is 4.10. The molecule has 110 valence electrons. The molecule has 0 fully saturated rings. The first-order valence-corrected chi connectivity index (χ1v) is 7.48. The highest BCUT2D eigenvalue weighted by atomic mass is 35.5. The Bertz CT molecular complexity index is 791. The summed E-state index contributed by atoms with van der Waals surface area (Å²) in [6, 6.07) is 9.28. The zero-order valence-electron chi connectivity index (χ0n) is 10.5. The van der Waals surface area contributed by atoms with E-state index < -0.39 is 20.6 Å². The zero-order chi connectivity index (χ0) is 15.6. The Kier molecular flexibility index (Phi) is 4.01. The van der Waals surface area contributed by atoms with Crippen LogP contribution in [0.3, 0.4) is 0 Å². The van der Waals surface area contributed by atoms with E-state index in [-0.39, 0.29) is 9.92 Å². The van der Waals surface area contributed by atoms with Crippen molar-refractivity contribution in [3.05, 3.63) is 57.6 Å². The number of hydrogen-bond donors (Lipinski definition) is 2. The highest BCUT2D eigenvalue weighted by Crippen LogP contribution is 2.28. The molecule has 2 rings (SSSR count). The van der Waals surface area contributed by atoms with Gasteiger partial charge in [-0.3, -0.25) is 14.8 Å². The van der Waals surface area contributed by atoms with Crippen molar-refractivity contribution in [1.82, 2.24) is 0 Å². The molecule has 0 saturated carbocycles. The molecule has 0 heterocycles. The largest absolute Gasteiger partial charge is 0.399 e. The van der Waals surface area contributed by atoms with E-state index in [1.54, 1.807) is 0 Å². The van der Waals surface area contributed by atoms with Crippen LogP contribution in [0.1, 0.15) is 0 Å². The van der Waals surface area contributed by atoms with Crippen molar-refractivity contribution in [3.63, 3.8) is 0 Å². The molecule has 7 nitrogen and oxygen atoms in total. The number of nitro benzene ring substituents is 1. The third-order valence-electron chi connectivity index (χ3n) is 2.59. The van der Waals surface area contributed by atoms with E-state index in [4.69, 9.17) is 17.3 Å². The van der Waals surface area contributed by atoms with Crippen LogP contribution in [0.15, 0.2) is 47.4 Å². The van der Waals surface area contributed by atoms with Gasteiger partial charge in [0.25, 0.3) is 15.7 Å². The summed E-state index contributed by atoms with van der Waals surface area (Å²) in [6.45, 7) is 0. The molecule has 0 atom stereocenters. The molecule has 2 aromatic carbocycles. The van der Waals surface area contributed by atoms with Gasteiger partial charge in [-0.05, 0) is 36.4 Å². The van der Waals surface area contributed by atoms with Crippen LogP contribution in [0.4, 0.5) is 17.1 Å². The Morgan fingerprint density at radius 3 is 2.33 bits per heavy atom. The molecule has 3 N–H and O–H groups in total. The van der Waals surface area contributed by atoms with Crippen LogP contribution in [0.2, 0.25) is 5.02 Å². The van der Waals surface area contributed by atoms with E-state index in [1.807, 2.05) is 0 Å². The van der Waals surface area contributed by atoms with Crippen LogP contribution in [0.5, 0.6) is 0 Å². The predicted octanol–water partition coefficient (Wildman–Crippen LogP) is 2.63. The molecule has 0 aromatic heterocycles. The monoisotopic (exact) mass is 327 g/mol. The van der Waals surface area contributed by atoms with Crippen molar-refractivity contribution in [2.45, 2.75) is 4.90 Å². The number of nitrogens with one attached hydrogen (secondary N) is 1. The van der Waals surface area contributed by atoms with Crippen LogP contribution >= 0.6 is 11.6 Å². The van der Waals surface area contributed by atoms with Crippen LogP contribution in [0, 0.1) is 10.1 Å². The van der Waals surface area contributed by atoms with E-state index in [2.05, 4.69) is 4.72 Å². The lowest BCUT2D eigenvalue weighted by Gasteiger charge is -2.08. The zero-order valence-corrected chi connectivity index (χ0v) is 12.1. The minimum absolute atomic E-state index is 0.133. The Balaban J connectivity index is 2.38. The first-order chi connectivity index (χ1) is 9.79. The van der Waals surface area contributed by atoms with Crippen LogP contribution in [-0.2, 0) is 10.0 Å². The van der Waals surface area contributed by atoms with Crippen LogP contribution in [0.25, 0.3) is 0 Å². The molecule has 9 heteroatoms. The summed E-state index contributed by atoms with van der Waals surface area (Å²) in [5.41, 5.74) is 5.81. The molecule has 21 heavy (non-hydrogen) atoms. The van der Waals surface area contributed by atoms with E-state index in [1.165, 1.54) is 30.3 Å². The molecule has 0 aliphatic heterocycles. The maximum absolute atomic E-state index is 12.2. The smallest absolute Gasteiger partial charge is 0.289 e. The van der Waals surface area contributed by atoms with Crippen LogP contribution < -0.4 is 10.5 Å². The number of nitrogen functional groups attached to an aromatic ring is 1. The van der Waals surface area contributed by atoms with Crippen molar-refractivity contribution >= 4 is 38.7 Å². The fraction of sp³-hybridized carbons (Fsp3) is 0. The number of halogens is 1. The summed E-state index contributed by atoms with van der Waals surface area (Å²) in [5, 5.41) is 10.7. The maximum Gasteiger partial charge on any atom is 0.289 e. The van der Waals surface area contributed by atoms with Gasteiger partial charge < -0.3 is 5.73 Å². The highest BCUT2D eigenvalue weighted by Gasteiger charge is 2.20. The Morgan fingerprint density at radius 2 is 1.76 bits per heavy atom. The minimum atomic E-state index is -3.95. The molecule has 0 unspecified atom stereocenters. The van der Waals surface area contributed by atoms with E-state index in [9.17, 15) is 18.5 Å². The van der Waals surface area contributed by atoms with E-state index in [0.29, 0.717) is 11.4 Å². The van der Waals surface area contributed by atoms with Gasteiger partial charge in [-0.2, -0.15) is 0 Å². The Morgan fingerprint density at radius 1 is 1.14 bits per heavy atom. The second kappa shape index (κ2) is 5.58. The lowest BCUT2D eigenvalue weighted by Crippen LogP contribution is -2.13. The molecule has 0 aliphatic rings. The van der Waals surface area contributed by atoms with Crippen molar-refractivity contribution in [3.8, 4) is 0 Å². The van der Waals surface area contributed by atoms with Gasteiger partial charge in [0.15, 0.2) is 0 Å². The molecular weight excluding hydrogens is 318 g/mol. The number of nitrogens with zero attached hydrogens (tertiary/aromatic N) is 1. The SMILES string of the molecule is Nc1ccc(NS(=O)(=O)c2ccc(Cl)c([N+](=O)[O-])c2)cc1.